The van der Waals surface area contributed by atoms with E-state index in [0.717, 1.165) is 5.69 Å². The van der Waals surface area contributed by atoms with Crippen LogP contribution in [0.25, 0.3) is 0 Å². The van der Waals surface area contributed by atoms with Crippen LogP contribution in [0.2, 0.25) is 0 Å². The van der Waals surface area contributed by atoms with Crippen LogP contribution in [-0.2, 0) is 7.05 Å². The van der Waals surface area contributed by atoms with E-state index in [-0.39, 0.29) is 11.7 Å². The summed E-state index contributed by atoms with van der Waals surface area (Å²) in [5, 5.41) is 16.2. The van der Waals surface area contributed by atoms with Crippen LogP contribution < -0.4 is 5.32 Å². The number of para-hydroxylation sites is 2. The Morgan fingerprint density at radius 1 is 1.41 bits per heavy atom. The molecule has 0 aliphatic carbocycles. The number of benzene rings is 1. The predicted molar refractivity (Wildman–Crippen MR) is 64.0 cm³/mol. The fraction of sp³-hybridized carbons (Fsp3) is 0.167. The number of nitrogens with one attached hydrogen (secondary N) is 1. The van der Waals surface area contributed by atoms with Gasteiger partial charge in [0.15, 0.2) is 0 Å². The van der Waals surface area contributed by atoms with Crippen molar-refractivity contribution in [2.24, 2.45) is 7.05 Å². The van der Waals surface area contributed by atoms with Gasteiger partial charge in [-0.2, -0.15) is 5.10 Å². The summed E-state index contributed by atoms with van der Waals surface area (Å²) in [5.41, 5.74) is 1.66. The molecule has 2 N–H and O–H groups in total. The molecule has 1 aromatic heterocycles. The number of phenols is 1. The highest BCUT2D eigenvalue weighted by Crippen LogP contribution is 2.22. The highest BCUT2D eigenvalue weighted by atomic mass is 16.3. The molecule has 0 saturated heterocycles. The first-order valence-corrected chi connectivity index (χ1v) is 5.17. The molecule has 0 fully saturated rings. The summed E-state index contributed by atoms with van der Waals surface area (Å²) >= 11 is 0. The van der Waals surface area contributed by atoms with E-state index in [0.29, 0.717) is 11.3 Å². The third-order valence-corrected chi connectivity index (χ3v) is 2.63. The van der Waals surface area contributed by atoms with Gasteiger partial charge in [0, 0.05) is 12.7 Å². The zero-order chi connectivity index (χ0) is 12.4. The number of hydrogen-bond acceptors (Lipinski definition) is 3. The van der Waals surface area contributed by atoms with E-state index in [9.17, 15) is 9.90 Å². The van der Waals surface area contributed by atoms with Crippen molar-refractivity contribution in [3.8, 4) is 5.75 Å². The number of nitrogens with zero attached hydrogens (tertiary/aromatic N) is 2. The number of anilines is 1. The Hall–Kier alpha value is -2.30. The highest BCUT2D eigenvalue weighted by molar-refractivity contribution is 6.05. The van der Waals surface area contributed by atoms with Crippen LogP contribution in [0.15, 0.2) is 30.5 Å². The molecule has 1 amide bonds. The third kappa shape index (κ3) is 2.13. The first-order valence-electron chi connectivity index (χ1n) is 5.17. The van der Waals surface area contributed by atoms with Crippen LogP contribution >= 0.6 is 0 Å². The van der Waals surface area contributed by atoms with Crippen LogP contribution in [0.4, 0.5) is 5.69 Å². The van der Waals surface area contributed by atoms with Gasteiger partial charge in [-0.25, -0.2) is 0 Å². The Kier molecular flexibility index (Phi) is 2.82. The van der Waals surface area contributed by atoms with Crippen molar-refractivity contribution in [3.05, 3.63) is 41.7 Å². The van der Waals surface area contributed by atoms with Crippen molar-refractivity contribution in [1.82, 2.24) is 9.78 Å². The van der Waals surface area contributed by atoms with Crippen molar-refractivity contribution in [3.63, 3.8) is 0 Å². The van der Waals surface area contributed by atoms with Crippen LogP contribution in [-0.4, -0.2) is 20.8 Å². The number of hydrogen-bond donors (Lipinski definition) is 2. The lowest BCUT2D eigenvalue weighted by molar-refractivity contribution is 0.102. The van der Waals surface area contributed by atoms with Gasteiger partial charge in [0.05, 0.1) is 17.4 Å². The summed E-state index contributed by atoms with van der Waals surface area (Å²) in [5.74, 6) is -0.237. The Balaban J connectivity index is 2.23. The normalized spacial score (nSPS) is 10.2. The number of aromatic nitrogens is 2. The van der Waals surface area contributed by atoms with E-state index in [4.69, 9.17) is 0 Å². The second kappa shape index (κ2) is 4.29. The molecule has 17 heavy (non-hydrogen) atoms. The fourth-order valence-electron chi connectivity index (χ4n) is 1.49. The average molecular weight is 231 g/mol. The maximum Gasteiger partial charge on any atom is 0.259 e. The molecule has 5 heteroatoms. The van der Waals surface area contributed by atoms with Crippen LogP contribution in [0, 0.1) is 6.92 Å². The van der Waals surface area contributed by atoms with E-state index >= 15 is 0 Å². The first kappa shape index (κ1) is 11.2. The molecule has 5 nitrogen and oxygen atoms in total. The number of carbonyl (C=O) groups excluding carboxylic acids is 1. The second-order valence-corrected chi connectivity index (χ2v) is 3.74. The van der Waals surface area contributed by atoms with Gasteiger partial charge in [-0.1, -0.05) is 12.1 Å². The standard InChI is InChI=1S/C12H13N3O2/c1-8-9(7-13-15(8)2)12(17)14-10-5-3-4-6-11(10)16/h3-7,16H,1-2H3,(H,14,17). The van der Waals surface area contributed by atoms with Crippen molar-refractivity contribution < 1.29 is 9.90 Å². The number of aromatic hydroxyl groups is 1. The first-order chi connectivity index (χ1) is 8.09. The molecule has 0 spiro atoms. The molecular weight excluding hydrogens is 218 g/mol. The molecule has 1 aromatic carbocycles. The molecule has 0 aliphatic rings. The van der Waals surface area contributed by atoms with Gasteiger partial charge < -0.3 is 10.4 Å². The molecule has 0 radical (unpaired) electrons. The van der Waals surface area contributed by atoms with E-state index in [1.807, 2.05) is 6.92 Å². The summed E-state index contributed by atoms with van der Waals surface area (Å²) in [6.07, 6.45) is 1.50. The van der Waals surface area contributed by atoms with Gasteiger partial charge in [0.1, 0.15) is 5.75 Å². The lowest BCUT2D eigenvalue weighted by Crippen LogP contribution is -2.12. The van der Waals surface area contributed by atoms with Crippen molar-refractivity contribution in [2.45, 2.75) is 6.92 Å². The second-order valence-electron chi connectivity index (χ2n) is 3.74. The minimum absolute atomic E-state index is 0.0439. The summed E-state index contributed by atoms with van der Waals surface area (Å²) < 4.78 is 1.62. The smallest absolute Gasteiger partial charge is 0.259 e. The van der Waals surface area contributed by atoms with Crippen LogP contribution in [0.5, 0.6) is 5.75 Å². The molecule has 88 valence electrons. The zero-order valence-corrected chi connectivity index (χ0v) is 9.64. The number of amides is 1. The summed E-state index contributed by atoms with van der Waals surface area (Å²) in [4.78, 5) is 11.9. The summed E-state index contributed by atoms with van der Waals surface area (Å²) in [7, 11) is 1.77. The molecule has 2 rings (SSSR count). The van der Waals surface area contributed by atoms with Gasteiger partial charge in [-0.05, 0) is 19.1 Å². The predicted octanol–water partition coefficient (Wildman–Crippen LogP) is 1.69. The third-order valence-electron chi connectivity index (χ3n) is 2.63. The number of phenolic OH excluding ortho intramolecular Hbond substituents is 1. The zero-order valence-electron chi connectivity index (χ0n) is 9.64. The topological polar surface area (TPSA) is 67.2 Å². The monoisotopic (exact) mass is 231 g/mol. The fourth-order valence-corrected chi connectivity index (χ4v) is 1.49. The Labute approximate surface area is 98.7 Å². The molecule has 0 aliphatic heterocycles. The molecule has 0 atom stereocenters. The van der Waals surface area contributed by atoms with Crippen LogP contribution in [0.3, 0.4) is 0 Å². The quantitative estimate of drug-likeness (QED) is 0.773. The lowest BCUT2D eigenvalue weighted by atomic mass is 10.2. The summed E-state index contributed by atoms with van der Waals surface area (Å²) in [6, 6.07) is 6.59. The van der Waals surface area contributed by atoms with E-state index in [1.165, 1.54) is 12.3 Å². The van der Waals surface area contributed by atoms with Crippen molar-refractivity contribution >= 4 is 11.6 Å². The average Bonchev–Trinajstić information content (AvgIpc) is 2.63. The molecule has 2 aromatic rings. The van der Waals surface area contributed by atoms with Gasteiger partial charge in [-0.15, -0.1) is 0 Å². The SMILES string of the molecule is Cc1c(C(=O)Nc2ccccc2O)cnn1C. The molecular formula is C12H13N3O2. The number of aryl methyl sites for hydroxylation is 1. The number of rotatable bonds is 2. The van der Waals surface area contributed by atoms with E-state index in [1.54, 1.807) is 29.9 Å². The maximum atomic E-state index is 11.9. The molecule has 0 unspecified atom stereocenters. The highest BCUT2D eigenvalue weighted by Gasteiger charge is 2.13. The van der Waals surface area contributed by atoms with Crippen molar-refractivity contribution in [2.75, 3.05) is 5.32 Å². The van der Waals surface area contributed by atoms with Gasteiger partial charge in [0.25, 0.3) is 5.91 Å². The maximum absolute atomic E-state index is 11.9. The van der Waals surface area contributed by atoms with Crippen LogP contribution in [0.1, 0.15) is 16.1 Å². The lowest BCUT2D eigenvalue weighted by Gasteiger charge is -2.06. The summed E-state index contributed by atoms with van der Waals surface area (Å²) in [6.45, 7) is 1.81. The Morgan fingerprint density at radius 2 is 2.12 bits per heavy atom. The Morgan fingerprint density at radius 3 is 2.71 bits per heavy atom. The van der Waals surface area contributed by atoms with E-state index in [2.05, 4.69) is 10.4 Å². The minimum Gasteiger partial charge on any atom is -0.506 e. The van der Waals surface area contributed by atoms with E-state index < -0.39 is 0 Å². The Bertz CT molecular complexity index is 561. The van der Waals surface area contributed by atoms with Gasteiger partial charge in [-0.3, -0.25) is 9.48 Å². The van der Waals surface area contributed by atoms with Gasteiger partial charge >= 0.3 is 0 Å². The number of carbonyl (C=O) groups is 1. The minimum atomic E-state index is -0.280. The molecule has 1 heterocycles. The molecule has 0 saturated carbocycles. The molecule has 0 bridgehead atoms. The van der Waals surface area contributed by atoms with Crippen molar-refractivity contribution in [1.29, 1.82) is 0 Å². The van der Waals surface area contributed by atoms with Gasteiger partial charge in [0.2, 0.25) is 0 Å². The largest absolute Gasteiger partial charge is 0.506 e.